The lowest BCUT2D eigenvalue weighted by Gasteiger charge is -2.36. The number of hydrogen-bond acceptors (Lipinski definition) is 7. The van der Waals surface area contributed by atoms with Crippen molar-refractivity contribution in [3.63, 3.8) is 0 Å². The van der Waals surface area contributed by atoms with Crippen LogP contribution in [0.25, 0.3) is 0 Å². The number of carbonyl (C=O) groups is 3. The SMILES string of the molecule is CO[C@H]1CN(C)C(=O)c2ccc(NC(=O)Nc3cccc(F)c3)cc2OC[C@@H](C)N(C(=O)Nc2c(C)noc2C)C[C@@H]1C. The number of nitrogens with one attached hydrogen (secondary N) is 3. The van der Waals surface area contributed by atoms with E-state index in [4.69, 9.17) is 14.0 Å². The maximum Gasteiger partial charge on any atom is 0.323 e. The third kappa shape index (κ3) is 7.60. The second-order valence-corrected chi connectivity index (χ2v) is 10.7. The number of anilines is 3. The molecule has 1 aromatic heterocycles. The van der Waals surface area contributed by atoms with Crippen LogP contribution in [0, 0.1) is 25.6 Å². The Hall–Kier alpha value is -4.65. The molecule has 5 amide bonds. The van der Waals surface area contributed by atoms with Crippen molar-refractivity contribution in [1.82, 2.24) is 15.0 Å². The normalized spacial score (nSPS) is 19.4. The Bertz CT molecular complexity index is 1460. The number of urea groups is 2. The first kappa shape index (κ1) is 31.3. The van der Waals surface area contributed by atoms with Crippen molar-refractivity contribution in [2.45, 2.75) is 39.8 Å². The zero-order valence-corrected chi connectivity index (χ0v) is 25.1. The van der Waals surface area contributed by atoms with Gasteiger partial charge in [-0.2, -0.15) is 0 Å². The molecule has 0 unspecified atom stereocenters. The highest BCUT2D eigenvalue weighted by molar-refractivity contribution is 6.01. The minimum absolute atomic E-state index is 0.0440. The number of rotatable bonds is 4. The summed E-state index contributed by atoms with van der Waals surface area (Å²) in [4.78, 5) is 42.8. The van der Waals surface area contributed by atoms with E-state index < -0.39 is 17.9 Å². The molecule has 0 saturated heterocycles. The molecule has 0 aliphatic carbocycles. The standard InChI is InChI=1S/C30H37FN6O6/c1-17-14-37(30(40)34-27-19(3)35-43-20(27)4)18(2)16-42-25-13-23(33-29(39)32-22-9-7-8-21(31)12-22)10-11-24(25)28(38)36(5)15-26(17)41-6/h7-13,17-18,26H,14-16H2,1-6H3,(H,34,40)(H2,32,33,39)/t17-,18+,26-/m0/s1. The minimum Gasteiger partial charge on any atom is -0.491 e. The molecule has 0 bridgehead atoms. The van der Waals surface area contributed by atoms with Gasteiger partial charge in [0.05, 0.1) is 17.7 Å². The number of aromatic nitrogens is 1. The fraction of sp³-hybridized carbons (Fsp3) is 0.400. The predicted octanol–water partition coefficient (Wildman–Crippen LogP) is 5.11. The van der Waals surface area contributed by atoms with Gasteiger partial charge in [0.1, 0.15) is 29.6 Å². The molecule has 230 valence electrons. The number of aryl methyl sites for hydroxylation is 2. The molecule has 1 aliphatic rings. The number of amides is 5. The zero-order valence-electron chi connectivity index (χ0n) is 25.1. The summed E-state index contributed by atoms with van der Waals surface area (Å²) >= 11 is 0. The molecular formula is C30H37FN6O6. The highest BCUT2D eigenvalue weighted by Crippen LogP contribution is 2.28. The van der Waals surface area contributed by atoms with Crippen LogP contribution in [0.2, 0.25) is 0 Å². The van der Waals surface area contributed by atoms with Gasteiger partial charge in [0.15, 0.2) is 5.76 Å². The van der Waals surface area contributed by atoms with E-state index >= 15 is 0 Å². The van der Waals surface area contributed by atoms with Gasteiger partial charge in [-0.1, -0.05) is 18.1 Å². The first-order valence-electron chi connectivity index (χ1n) is 13.9. The van der Waals surface area contributed by atoms with E-state index in [1.807, 2.05) is 13.8 Å². The summed E-state index contributed by atoms with van der Waals surface area (Å²) in [5.41, 5.74) is 1.97. The first-order chi connectivity index (χ1) is 20.5. The molecule has 1 aliphatic heterocycles. The van der Waals surface area contributed by atoms with Gasteiger partial charge in [0.25, 0.3) is 5.91 Å². The van der Waals surface area contributed by atoms with E-state index in [0.29, 0.717) is 29.4 Å². The van der Waals surface area contributed by atoms with Gasteiger partial charge in [-0.25, -0.2) is 14.0 Å². The van der Waals surface area contributed by atoms with Crippen LogP contribution in [0.5, 0.6) is 5.75 Å². The van der Waals surface area contributed by atoms with E-state index in [9.17, 15) is 18.8 Å². The Kier molecular flexibility index (Phi) is 9.86. The van der Waals surface area contributed by atoms with Gasteiger partial charge in [0.2, 0.25) is 0 Å². The number of halogens is 1. The minimum atomic E-state index is -0.602. The molecule has 0 saturated carbocycles. The molecule has 12 nitrogen and oxygen atoms in total. The van der Waals surface area contributed by atoms with Crippen molar-refractivity contribution in [3.8, 4) is 5.75 Å². The second kappa shape index (κ2) is 13.6. The number of fused-ring (bicyclic) bond motifs is 1. The van der Waals surface area contributed by atoms with Gasteiger partial charge in [-0.15, -0.1) is 0 Å². The molecule has 3 atom stereocenters. The number of likely N-dealkylation sites (N-methyl/N-ethyl adjacent to an activating group) is 1. The van der Waals surface area contributed by atoms with E-state index in [2.05, 4.69) is 21.1 Å². The van der Waals surface area contributed by atoms with Crippen LogP contribution in [0.1, 0.15) is 35.7 Å². The average molecular weight is 597 g/mol. The molecule has 4 rings (SSSR count). The summed E-state index contributed by atoms with van der Waals surface area (Å²) in [6.45, 7) is 7.89. The molecule has 43 heavy (non-hydrogen) atoms. The molecule has 0 radical (unpaired) electrons. The average Bonchev–Trinajstić information content (AvgIpc) is 3.28. The summed E-state index contributed by atoms with van der Waals surface area (Å²) < 4.78 is 30.6. The number of hydrogen-bond donors (Lipinski definition) is 3. The molecular weight excluding hydrogens is 559 g/mol. The van der Waals surface area contributed by atoms with Crippen molar-refractivity contribution < 1.29 is 32.8 Å². The number of benzene rings is 2. The van der Waals surface area contributed by atoms with E-state index in [1.165, 1.54) is 29.2 Å². The molecule has 0 spiro atoms. The predicted molar refractivity (Wildman–Crippen MR) is 159 cm³/mol. The van der Waals surface area contributed by atoms with Gasteiger partial charge in [-0.05, 0) is 51.1 Å². The summed E-state index contributed by atoms with van der Waals surface area (Å²) in [5, 5.41) is 12.1. The lowest BCUT2D eigenvalue weighted by atomic mass is 10.0. The van der Waals surface area contributed by atoms with Gasteiger partial charge < -0.3 is 39.7 Å². The Morgan fingerprint density at radius 1 is 1.05 bits per heavy atom. The van der Waals surface area contributed by atoms with E-state index in [-0.39, 0.29) is 54.1 Å². The number of methoxy groups -OCH3 is 1. The Balaban J connectivity index is 1.60. The van der Waals surface area contributed by atoms with Crippen LogP contribution in [0.15, 0.2) is 47.0 Å². The number of nitrogens with zero attached hydrogens (tertiary/aromatic N) is 3. The Labute approximate surface area is 249 Å². The van der Waals surface area contributed by atoms with Gasteiger partial charge in [0, 0.05) is 50.6 Å². The Morgan fingerprint density at radius 3 is 2.42 bits per heavy atom. The summed E-state index contributed by atoms with van der Waals surface area (Å²) in [6, 6.07) is 8.79. The maximum absolute atomic E-state index is 13.6. The van der Waals surface area contributed by atoms with Gasteiger partial charge >= 0.3 is 12.1 Å². The highest BCUT2D eigenvalue weighted by atomic mass is 19.1. The van der Waals surface area contributed by atoms with Crippen molar-refractivity contribution in [2.75, 3.05) is 49.8 Å². The first-order valence-corrected chi connectivity index (χ1v) is 13.9. The van der Waals surface area contributed by atoms with Crippen LogP contribution < -0.4 is 20.7 Å². The summed E-state index contributed by atoms with van der Waals surface area (Å²) in [6.07, 6.45) is -0.369. The van der Waals surface area contributed by atoms with Crippen molar-refractivity contribution in [3.05, 3.63) is 65.3 Å². The molecule has 13 heteroatoms. The number of ether oxygens (including phenoxy) is 2. The third-order valence-corrected chi connectivity index (χ3v) is 7.31. The van der Waals surface area contributed by atoms with Crippen LogP contribution in [-0.2, 0) is 4.74 Å². The van der Waals surface area contributed by atoms with Crippen LogP contribution in [0.4, 0.5) is 31.0 Å². The quantitative estimate of drug-likeness (QED) is 0.380. The third-order valence-electron chi connectivity index (χ3n) is 7.31. The summed E-state index contributed by atoms with van der Waals surface area (Å²) in [5.74, 6) is -0.202. The molecule has 2 aromatic carbocycles. The Morgan fingerprint density at radius 2 is 1.77 bits per heavy atom. The van der Waals surface area contributed by atoms with Crippen LogP contribution in [0.3, 0.4) is 0 Å². The van der Waals surface area contributed by atoms with Gasteiger partial charge in [-0.3, -0.25) is 4.79 Å². The zero-order chi connectivity index (χ0) is 31.3. The monoisotopic (exact) mass is 596 g/mol. The fourth-order valence-electron chi connectivity index (χ4n) is 4.83. The lowest BCUT2D eigenvalue weighted by Crippen LogP contribution is -2.50. The summed E-state index contributed by atoms with van der Waals surface area (Å²) in [7, 11) is 3.24. The van der Waals surface area contributed by atoms with Crippen molar-refractivity contribution >= 4 is 35.0 Å². The van der Waals surface area contributed by atoms with Crippen LogP contribution >= 0.6 is 0 Å². The highest BCUT2D eigenvalue weighted by Gasteiger charge is 2.31. The number of carbonyl (C=O) groups excluding carboxylic acids is 3. The molecule has 3 aromatic rings. The van der Waals surface area contributed by atoms with E-state index in [0.717, 1.165) is 0 Å². The van der Waals surface area contributed by atoms with E-state index in [1.54, 1.807) is 51.1 Å². The molecule has 0 fully saturated rings. The second-order valence-electron chi connectivity index (χ2n) is 10.7. The van der Waals surface area contributed by atoms with Crippen molar-refractivity contribution in [1.29, 1.82) is 0 Å². The fourth-order valence-corrected chi connectivity index (χ4v) is 4.83. The lowest BCUT2D eigenvalue weighted by molar-refractivity contribution is 0.0174. The van der Waals surface area contributed by atoms with Crippen LogP contribution in [-0.4, -0.2) is 78.9 Å². The molecule has 2 heterocycles. The van der Waals surface area contributed by atoms with Crippen molar-refractivity contribution in [2.24, 2.45) is 5.92 Å². The largest absolute Gasteiger partial charge is 0.491 e. The molecule has 3 N–H and O–H groups in total. The topological polar surface area (TPSA) is 138 Å². The maximum atomic E-state index is 13.6. The smallest absolute Gasteiger partial charge is 0.323 e.